The minimum Gasteiger partial charge on any atom is -0.497 e. The van der Waals surface area contributed by atoms with Crippen molar-refractivity contribution in [1.29, 1.82) is 0 Å². The van der Waals surface area contributed by atoms with Crippen LogP contribution in [0.2, 0.25) is 0 Å². The van der Waals surface area contributed by atoms with Crippen molar-refractivity contribution in [2.24, 2.45) is 0 Å². The van der Waals surface area contributed by atoms with E-state index in [0.717, 1.165) is 11.3 Å². The minimum absolute atomic E-state index is 0.131. The molecular formula is C21H22N2O4. The Morgan fingerprint density at radius 2 is 1.78 bits per heavy atom. The van der Waals surface area contributed by atoms with Crippen LogP contribution in [0.25, 0.3) is 0 Å². The number of rotatable bonds is 7. The van der Waals surface area contributed by atoms with Crippen molar-refractivity contribution in [3.63, 3.8) is 0 Å². The molecule has 0 fully saturated rings. The van der Waals surface area contributed by atoms with Gasteiger partial charge >= 0.3 is 0 Å². The Morgan fingerprint density at radius 3 is 2.44 bits per heavy atom. The number of oxazole rings is 1. The molecule has 1 amide bonds. The molecular weight excluding hydrogens is 344 g/mol. The number of methoxy groups -OCH3 is 1. The molecule has 2 aromatic carbocycles. The molecule has 27 heavy (non-hydrogen) atoms. The van der Waals surface area contributed by atoms with E-state index >= 15 is 0 Å². The first-order valence-electron chi connectivity index (χ1n) is 8.64. The second-order valence-electron chi connectivity index (χ2n) is 6.20. The molecule has 6 nitrogen and oxygen atoms in total. The van der Waals surface area contributed by atoms with Gasteiger partial charge in [0.1, 0.15) is 17.8 Å². The fourth-order valence-corrected chi connectivity index (χ4v) is 2.51. The van der Waals surface area contributed by atoms with Crippen LogP contribution in [0.4, 0.5) is 0 Å². The molecule has 0 saturated heterocycles. The molecule has 0 aliphatic heterocycles. The number of aromatic nitrogens is 1. The van der Waals surface area contributed by atoms with Crippen LogP contribution in [-0.4, -0.2) is 18.0 Å². The SMILES string of the molecule is COc1ccc(OCc2nc(C(=O)N[C@H](C)c3ccc(C)cc3)co2)cc1. The zero-order chi connectivity index (χ0) is 19.2. The topological polar surface area (TPSA) is 73.6 Å². The van der Waals surface area contributed by atoms with Crippen LogP contribution in [-0.2, 0) is 6.61 Å². The van der Waals surface area contributed by atoms with Crippen molar-refractivity contribution in [2.45, 2.75) is 26.5 Å². The molecule has 6 heteroatoms. The third-order valence-corrected chi connectivity index (χ3v) is 4.13. The number of carbonyl (C=O) groups excluding carboxylic acids is 1. The molecule has 0 spiro atoms. The van der Waals surface area contributed by atoms with E-state index in [1.165, 1.54) is 11.8 Å². The number of carbonyl (C=O) groups is 1. The zero-order valence-corrected chi connectivity index (χ0v) is 15.6. The monoisotopic (exact) mass is 366 g/mol. The fourth-order valence-electron chi connectivity index (χ4n) is 2.51. The molecule has 0 radical (unpaired) electrons. The van der Waals surface area contributed by atoms with Crippen molar-refractivity contribution in [2.75, 3.05) is 7.11 Å². The van der Waals surface area contributed by atoms with Crippen molar-refractivity contribution in [3.05, 3.63) is 77.5 Å². The first-order chi connectivity index (χ1) is 13.0. The molecule has 1 N–H and O–H groups in total. The number of hydrogen-bond acceptors (Lipinski definition) is 5. The summed E-state index contributed by atoms with van der Waals surface area (Å²) in [5, 5.41) is 2.92. The number of nitrogens with one attached hydrogen (secondary N) is 1. The van der Waals surface area contributed by atoms with Crippen LogP contribution < -0.4 is 14.8 Å². The van der Waals surface area contributed by atoms with E-state index in [0.29, 0.717) is 11.6 Å². The lowest BCUT2D eigenvalue weighted by Crippen LogP contribution is -2.27. The third kappa shape index (κ3) is 4.88. The number of aryl methyl sites for hydroxylation is 1. The summed E-state index contributed by atoms with van der Waals surface area (Å²) in [4.78, 5) is 16.6. The normalized spacial score (nSPS) is 11.7. The van der Waals surface area contributed by atoms with Gasteiger partial charge in [-0.15, -0.1) is 0 Å². The predicted octanol–water partition coefficient (Wildman–Crippen LogP) is 4.06. The molecule has 0 aliphatic carbocycles. The summed E-state index contributed by atoms with van der Waals surface area (Å²) in [6.07, 6.45) is 1.34. The predicted molar refractivity (Wildman–Crippen MR) is 101 cm³/mol. The highest BCUT2D eigenvalue weighted by molar-refractivity contribution is 5.92. The molecule has 1 aromatic heterocycles. The first kappa shape index (κ1) is 18.5. The summed E-state index contributed by atoms with van der Waals surface area (Å²) in [5.74, 6) is 1.45. The molecule has 0 saturated carbocycles. The number of hydrogen-bond donors (Lipinski definition) is 1. The van der Waals surface area contributed by atoms with Crippen LogP contribution in [0.5, 0.6) is 11.5 Å². The van der Waals surface area contributed by atoms with Crippen molar-refractivity contribution < 1.29 is 18.7 Å². The van der Waals surface area contributed by atoms with Crippen LogP contribution in [0, 0.1) is 6.92 Å². The van der Waals surface area contributed by atoms with E-state index < -0.39 is 0 Å². The lowest BCUT2D eigenvalue weighted by atomic mass is 10.1. The van der Waals surface area contributed by atoms with Crippen LogP contribution in [0.3, 0.4) is 0 Å². The van der Waals surface area contributed by atoms with Gasteiger partial charge in [0.25, 0.3) is 5.91 Å². The number of benzene rings is 2. The van der Waals surface area contributed by atoms with E-state index in [1.54, 1.807) is 31.4 Å². The van der Waals surface area contributed by atoms with E-state index in [9.17, 15) is 4.79 Å². The van der Waals surface area contributed by atoms with Gasteiger partial charge in [-0.1, -0.05) is 29.8 Å². The van der Waals surface area contributed by atoms with E-state index in [4.69, 9.17) is 13.9 Å². The van der Waals surface area contributed by atoms with Crippen molar-refractivity contribution in [1.82, 2.24) is 10.3 Å². The molecule has 0 bridgehead atoms. The van der Waals surface area contributed by atoms with Crippen molar-refractivity contribution >= 4 is 5.91 Å². The lowest BCUT2D eigenvalue weighted by Gasteiger charge is -2.13. The molecule has 1 heterocycles. The number of ether oxygens (including phenoxy) is 2. The van der Waals surface area contributed by atoms with Crippen LogP contribution >= 0.6 is 0 Å². The molecule has 1 atom stereocenters. The zero-order valence-electron chi connectivity index (χ0n) is 15.6. The van der Waals surface area contributed by atoms with Gasteiger partial charge in [-0.3, -0.25) is 4.79 Å². The number of amides is 1. The summed E-state index contributed by atoms with van der Waals surface area (Å²) in [6.45, 7) is 4.08. The van der Waals surface area contributed by atoms with Gasteiger partial charge in [0.15, 0.2) is 12.3 Å². The summed E-state index contributed by atoms with van der Waals surface area (Å²) >= 11 is 0. The highest BCUT2D eigenvalue weighted by atomic mass is 16.5. The quantitative estimate of drug-likeness (QED) is 0.682. The van der Waals surface area contributed by atoms with Crippen molar-refractivity contribution in [3.8, 4) is 11.5 Å². The summed E-state index contributed by atoms with van der Waals surface area (Å²) < 4.78 is 16.0. The Kier molecular flexibility index (Phi) is 5.76. The average molecular weight is 366 g/mol. The van der Waals surface area contributed by atoms with E-state index in [2.05, 4.69) is 10.3 Å². The molecule has 3 aromatic rings. The average Bonchev–Trinajstić information content (AvgIpc) is 3.16. The van der Waals surface area contributed by atoms with Gasteiger partial charge in [-0.05, 0) is 43.7 Å². The Morgan fingerprint density at radius 1 is 1.11 bits per heavy atom. The number of nitrogens with zero attached hydrogens (tertiary/aromatic N) is 1. The Balaban J connectivity index is 1.55. The van der Waals surface area contributed by atoms with Gasteiger partial charge in [-0.2, -0.15) is 0 Å². The molecule has 0 unspecified atom stereocenters. The second kappa shape index (κ2) is 8.40. The summed E-state index contributed by atoms with van der Waals surface area (Å²) in [6, 6.07) is 15.1. The molecule has 0 aliphatic rings. The Hall–Kier alpha value is -3.28. The largest absolute Gasteiger partial charge is 0.497 e. The van der Waals surface area contributed by atoms with Gasteiger partial charge in [0.2, 0.25) is 5.89 Å². The minimum atomic E-state index is -0.289. The van der Waals surface area contributed by atoms with E-state index in [1.807, 2.05) is 38.1 Å². The maximum absolute atomic E-state index is 12.4. The molecule has 3 rings (SSSR count). The van der Waals surface area contributed by atoms with Gasteiger partial charge in [0.05, 0.1) is 13.2 Å². The Labute approximate surface area is 158 Å². The maximum atomic E-state index is 12.4. The first-order valence-corrected chi connectivity index (χ1v) is 8.64. The standard InChI is InChI=1S/C21H22N2O4/c1-14-4-6-16(7-5-14)15(2)22-21(24)19-12-27-20(23-19)13-26-18-10-8-17(25-3)9-11-18/h4-12,15H,13H2,1-3H3,(H,22,24)/t15-/m1/s1. The highest BCUT2D eigenvalue weighted by Gasteiger charge is 2.16. The van der Waals surface area contributed by atoms with Crippen LogP contribution in [0.1, 0.15) is 40.5 Å². The highest BCUT2D eigenvalue weighted by Crippen LogP contribution is 2.18. The van der Waals surface area contributed by atoms with Gasteiger partial charge in [-0.25, -0.2) is 4.98 Å². The smallest absolute Gasteiger partial charge is 0.273 e. The Bertz CT molecular complexity index is 885. The second-order valence-corrected chi connectivity index (χ2v) is 6.20. The van der Waals surface area contributed by atoms with Crippen LogP contribution in [0.15, 0.2) is 59.2 Å². The summed E-state index contributed by atoms with van der Waals surface area (Å²) in [5.41, 5.74) is 2.43. The summed E-state index contributed by atoms with van der Waals surface area (Å²) in [7, 11) is 1.61. The lowest BCUT2D eigenvalue weighted by molar-refractivity contribution is 0.0934. The van der Waals surface area contributed by atoms with E-state index in [-0.39, 0.29) is 24.2 Å². The van der Waals surface area contributed by atoms with Gasteiger partial charge in [0, 0.05) is 0 Å². The molecule has 140 valence electrons. The third-order valence-electron chi connectivity index (χ3n) is 4.13. The van der Waals surface area contributed by atoms with Gasteiger partial charge < -0.3 is 19.2 Å². The maximum Gasteiger partial charge on any atom is 0.273 e. The fraction of sp³-hybridized carbons (Fsp3) is 0.238.